The first-order valence-corrected chi connectivity index (χ1v) is 7.67. The fourth-order valence-corrected chi connectivity index (χ4v) is 3.23. The van der Waals surface area contributed by atoms with Gasteiger partial charge < -0.3 is 15.2 Å². The minimum atomic E-state index is 0.00699. The standard InChI is InChI=1S/C15H22BrNO2/c1-3-4-14(18-2)13(17)9-11-8-12(16)7-10-5-6-19-15(10)11/h7-8,13-14H,3-6,9,17H2,1-2H3. The number of methoxy groups -OCH3 is 1. The van der Waals surface area contributed by atoms with Crippen molar-refractivity contribution < 1.29 is 9.47 Å². The molecule has 19 heavy (non-hydrogen) atoms. The molecular formula is C15H22BrNO2. The van der Waals surface area contributed by atoms with Crippen LogP contribution in [0.1, 0.15) is 30.9 Å². The van der Waals surface area contributed by atoms with Gasteiger partial charge >= 0.3 is 0 Å². The van der Waals surface area contributed by atoms with E-state index in [9.17, 15) is 0 Å². The Morgan fingerprint density at radius 2 is 2.26 bits per heavy atom. The molecular weight excluding hydrogens is 306 g/mol. The highest BCUT2D eigenvalue weighted by atomic mass is 79.9. The molecule has 2 N–H and O–H groups in total. The number of nitrogens with two attached hydrogens (primary N) is 1. The van der Waals surface area contributed by atoms with E-state index < -0.39 is 0 Å². The minimum Gasteiger partial charge on any atom is -0.493 e. The highest BCUT2D eigenvalue weighted by Gasteiger charge is 2.22. The molecule has 1 aliphatic rings. The zero-order chi connectivity index (χ0) is 13.8. The Labute approximate surface area is 123 Å². The molecule has 1 aromatic carbocycles. The lowest BCUT2D eigenvalue weighted by Gasteiger charge is -2.23. The summed E-state index contributed by atoms with van der Waals surface area (Å²) in [6.45, 7) is 2.93. The molecule has 0 saturated carbocycles. The van der Waals surface area contributed by atoms with Gasteiger partial charge in [-0.15, -0.1) is 0 Å². The van der Waals surface area contributed by atoms with Gasteiger partial charge in [0.15, 0.2) is 0 Å². The second kappa shape index (κ2) is 6.73. The average Bonchev–Trinajstić information content (AvgIpc) is 2.83. The van der Waals surface area contributed by atoms with E-state index in [4.69, 9.17) is 15.2 Å². The molecule has 0 radical (unpaired) electrons. The molecule has 3 nitrogen and oxygen atoms in total. The van der Waals surface area contributed by atoms with E-state index >= 15 is 0 Å². The third kappa shape index (κ3) is 3.50. The number of ether oxygens (including phenoxy) is 2. The normalized spacial score (nSPS) is 16.8. The number of hydrogen-bond donors (Lipinski definition) is 1. The highest BCUT2D eigenvalue weighted by Crippen LogP contribution is 2.34. The van der Waals surface area contributed by atoms with E-state index in [2.05, 4.69) is 35.0 Å². The van der Waals surface area contributed by atoms with Crippen LogP contribution in [0.3, 0.4) is 0 Å². The summed E-state index contributed by atoms with van der Waals surface area (Å²) in [6, 6.07) is 4.26. The first kappa shape index (κ1) is 14.8. The summed E-state index contributed by atoms with van der Waals surface area (Å²) in [5.41, 5.74) is 8.76. The van der Waals surface area contributed by atoms with Crippen molar-refractivity contribution in [2.75, 3.05) is 13.7 Å². The van der Waals surface area contributed by atoms with Gasteiger partial charge in [-0.25, -0.2) is 0 Å². The van der Waals surface area contributed by atoms with Crippen LogP contribution in [0.2, 0.25) is 0 Å². The first-order chi connectivity index (χ1) is 9.15. The highest BCUT2D eigenvalue weighted by molar-refractivity contribution is 9.10. The monoisotopic (exact) mass is 327 g/mol. The fourth-order valence-electron chi connectivity index (χ4n) is 2.67. The van der Waals surface area contributed by atoms with E-state index in [0.29, 0.717) is 0 Å². The average molecular weight is 328 g/mol. The zero-order valence-corrected chi connectivity index (χ0v) is 13.2. The van der Waals surface area contributed by atoms with Crippen LogP contribution in [0, 0.1) is 0 Å². The maximum Gasteiger partial charge on any atom is 0.125 e. The van der Waals surface area contributed by atoms with Gasteiger partial charge in [0.2, 0.25) is 0 Å². The molecule has 0 fully saturated rings. The van der Waals surface area contributed by atoms with Crippen LogP contribution in [-0.4, -0.2) is 25.9 Å². The first-order valence-electron chi connectivity index (χ1n) is 6.88. The molecule has 0 amide bonds. The molecule has 1 heterocycles. The smallest absolute Gasteiger partial charge is 0.125 e. The molecule has 0 bridgehead atoms. The van der Waals surface area contributed by atoms with Crippen LogP contribution >= 0.6 is 15.9 Å². The molecule has 1 aliphatic heterocycles. The maximum absolute atomic E-state index is 6.29. The molecule has 0 aromatic heterocycles. The molecule has 1 aromatic rings. The molecule has 2 unspecified atom stereocenters. The third-order valence-corrected chi connectivity index (χ3v) is 4.09. The Morgan fingerprint density at radius 1 is 1.47 bits per heavy atom. The third-order valence-electron chi connectivity index (χ3n) is 3.63. The van der Waals surface area contributed by atoms with E-state index in [1.54, 1.807) is 7.11 Å². The second-order valence-corrected chi connectivity index (χ2v) is 6.00. The summed E-state index contributed by atoms with van der Waals surface area (Å²) in [7, 11) is 1.74. The summed E-state index contributed by atoms with van der Waals surface area (Å²) in [5.74, 6) is 1.03. The molecule has 0 aliphatic carbocycles. The zero-order valence-electron chi connectivity index (χ0n) is 11.6. The van der Waals surface area contributed by atoms with Gasteiger partial charge in [0.05, 0.1) is 12.7 Å². The van der Waals surface area contributed by atoms with Crippen molar-refractivity contribution in [1.29, 1.82) is 0 Å². The van der Waals surface area contributed by atoms with Crippen LogP contribution in [0.5, 0.6) is 5.75 Å². The Bertz CT molecular complexity index is 436. The minimum absolute atomic E-state index is 0.00699. The predicted octanol–water partition coefficient (Wildman–Crippen LogP) is 3.07. The summed E-state index contributed by atoms with van der Waals surface area (Å²) >= 11 is 3.56. The van der Waals surface area contributed by atoms with Crippen LogP contribution in [0.15, 0.2) is 16.6 Å². The Balaban J connectivity index is 2.14. The summed E-state index contributed by atoms with van der Waals surface area (Å²) in [4.78, 5) is 0. The van der Waals surface area contributed by atoms with Crippen molar-refractivity contribution in [3.8, 4) is 5.75 Å². The van der Waals surface area contributed by atoms with Crippen LogP contribution in [0.25, 0.3) is 0 Å². The van der Waals surface area contributed by atoms with Gasteiger partial charge in [-0.2, -0.15) is 0 Å². The van der Waals surface area contributed by atoms with Crippen molar-refractivity contribution in [2.45, 2.75) is 44.8 Å². The quantitative estimate of drug-likeness (QED) is 0.873. The SMILES string of the molecule is CCCC(OC)C(N)Cc1cc(Br)cc2c1OCC2. The topological polar surface area (TPSA) is 44.5 Å². The number of halogens is 1. The van der Waals surface area contributed by atoms with Gasteiger partial charge in [0.25, 0.3) is 0 Å². The Hall–Kier alpha value is -0.580. The van der Waals surface area contributed by atoms with Gasteiger partial charge in [-0.3, -0.25) is 0 Å². The van der Waals surface area contributed by atoms with Gasteiger partial charge in [0.1, 0.15) is 5.75 Å². The Morgan fingerprint density at radius 3 is 2.95 bits per heavy atom. The fraction of sp³-hybridized carbons (Fsp3) is 0.600. The lowest BCUT2D eigenvalue weighted by atomic mass is 9.97. The van der Waals surface area contributed by atoms with Crippen LogP contribution < -0.4 is 10.5 Å². The van der Waals surface area contributed by atoms with Gasteiger partial charge in [-0.1, -0.05) is 29.3 Å². The lowest BCUT2D eigenvalue weighted by Crippen LogP contribution is -2.38. The van der Waals surface area contributed by atoms with E-state index in [-0.39, 0.29) is 12.1 Å². The lowest BCUT2D eigenvalue weighted by molar-refractivity contribution is 0.0725. The van der Waals surface area contributed by atoms with Crippen molar-refractivity contribution in [3.63, 3.8) is 0 Å². The largest absolute Gasteiger partial charge is 0.493 e. The Kier molecular flexibility index (Phi) is 5.25. The second-order valence-electron chi connectivity index (χ2n) is 5.08. The van der Waals surface area contributed by atoms with Crippen molar-refractivity contribution in [1.82, 2.24) is 0 Å². The van der Waals surface area contributed by atoms with Crippen molar-refractivity contribution in [3.05, 3.63) is 27.7 Å². The van der Waals surface area contributed by atoms with Crippen LogP contribution in [0.4, 0.5) is 0 Å². The number of hydrogen-bond acceptors (Lipinski definition) is 3. The van der Waals surface area contributed by atoms with Crippen molar-refractivity contribution in [2.24, 2.45) is 5.73 Å². The van der Waals surface area contributed by atoms with E-state index in [1.165, 1.54) is 11.1 Å². The molecule has 0 saturated heterocycles. The summed E-state index contributed by atoms with van der Waals surface area (Å²) in [6.07, 6.45) is 3.97. The summed E-state index contributed by atoms with van der Waals surface area (Å²) < 4.78 is 12.3. The van der Waals surface area contributed by atoms with Gasteiger partial charge in [-0.05, 0) is 36.1 Å². The number of fused-ring (bicyclic) bond motifs is 1. The van der Waals surface area contributed by atoms with Gasteiger partial charge in [0, 0.05) is 24.0 Å². The molecule has 2 atom stereocenters. The van der Waals surface area contributed by atoms with Crippen LogP contribution in [-0.2, 0) is 17.6 Å². The number of benzene rings is 1. The molecule has 106 valence electrons. The maximum atomic E-state index is 6.29. The number of rotatable bonds is 6. The van der Waals surface area contributed by atoms with E-state index in [1.807, 2.05) is 0 Å². The predicted molar refractivity (Wildman–Crippen MR) is 80.7 cm³/mol. The molecule has 0 spiro atoms. The molecule has 2 rings (SSSR count). The summed E-state index contributed by atoms with van der Waals surface area (Å²) in [5, 5.41) is 0. The van der Waals surface area contributed by atoms with Crippen molar-refractivity contribution >= 4 is 15.9 Å². The molecule has 4 heteroatoms. The van der Waals surface area contributed by atoms with E-state index in [0.717, 1.165) is 42.5 Å².